The van der Waals surface area contributed by atoms with E-state index in [-0.39, 0.29) is 6.61 Å². The number of halogens is 3. The summed E-state index contributed by atoms with van der Waals surface area (Å²) in [6.07, 6.45) is 1.82. The van der Waals surface area contributed by atoms with E-state index in [0.29, 0.717) is 17.9 Å². The van der Waals surface area contributed by atoms with Gasteiger partial charge in [0.05, 0.1) is 11.5 Å². The molecule has 0 spiro atoms. The smallest absolute Gasteiger partial charge is 0.261 e. The molecule has 0 atom stereocenters. The summed E-state index contributed by atoms with van der Waals surface area (Å²) in [5.74, 6) is -2.21. The molecule has 96 valence electrons. The zero-order valence-corrected chi connectivity index (χ0v) is 11.1. The highest BCUT2D eigenvalue weighted by atomic mass is 35.7. The van der Waals surface area contributed by atoms with Crippen molar-refractivity contribution >= 4 is 31.5 Å². The van der Waals surface area contributed by atoms with Crippen molar-refractivity contribution < 1.29 is 21.9 Å². The second-order valence-electron chi connectivity index (χ2n) is 3.00. The maximum atomic E-state index is 13.4. The molecule has 0 radical (unpaired) electrons. The Hall–Kier alpha value is -0.530. The number of rotatable bonds is 5. The third-order valence-electron chi connectivity index (χ3n) is 1.79. The Bertz CT molecular complexity index is 482. The largest absolute Gasteiger partial charge is 0.487 e. The van der Waals surface area contributed by atoms with Crippen LogP contribution in [-0.2, 0) is 9.05 Å². The normalized spacial score (nSPS) is 11.5. The fourth-order valence-corrected chi connectivity index (χ4v) is 2.05. The summed E-state index contributed by atoms with van der Waals surface area (Å²) in [5.41, 5.74) is 0. The van der Waals surface area contributed by atoms with E-state index < -0.39 is 31.3 Å². The molecule has 0 aliphatic heterocycles. The summed E-state index contributed by atoms with van der Waals surface area (Å²) in [7, 11) is 0.819. The van der Waals surface area contributed by atoms with E-state index in [4.69, 9.17) is 15.4 Å². The first-order valence-corrected chi connectivity index (χ1v) is 8.12. The Morgan fingerprint density at radius 3 is 2.29 bits per heavy atom. The van der Waals surface area contributed by atoms with Gasteiger partial charge in [0.1, 0.15) is 0 Å². The first-order valence-electron chi connectivity index (χ1n) is 4.41. The van der Waals surface area contributed by atoms with Crippen molar-refractivity contribution in [1.82, 2.24) is 0 Å². The summed E-state index contributed by atoms with van der Waals surface area (Å²) in [4.78, 5) is -0.633. The Morgan fingerprint density at radius 2 is 1.88 bits per heavy atom. The van der Waals surface area contributed by atoms with Crippen LogP contribution in [0.15, 0.2) is 17.0 Å². The first kappa shape index (κ1) is 14.5. The number of thioether (sulfide) groups is 1. The van der Waals surface area contributed by atoms with Gasteiger partial charge in [-0.3, -0.25) is 0 Å². The van der Waals surface area contributed by atoms with Crippen molar-refractivity contribution in [2.75, 3.05) is 18.6 Å². The highest BCUT2D eigenvalue weighted by molar-refractivity contribution is 8.13. The average molecular weight is 303 g/mol. The minimum Gasteiger partial charge on any atom is -0.487 e. The van der Waals surface area contributed by atoms with Gasteiger partial charge >= 0.3 is 0 Å². The molecule has 0 unspecified atom stereocenters. The van der Waals surface area contributed by atoms with Gasteiger partial charge in [-0.05, 0) is 18.4 Å². The lowest BCUT2D eigenvalue weighted by molar-refractivity contribution is 0.305. The van der Waals surface area contributed by atoms with Crippen LogP contribution in [0.25, 0.3) is 0 Å². The van der Waals surface area contributed by atoms with E-state index in [1.54, 1.807) is 0 Å². The van der Waals surface area contributed by atoms with Crippen LogP contribution in [0.5, 0.6) is 5.75 Å². The van der Waals surface area contributed by atoms with Gasteiger partial charge in [0, 0.05) is 16.4 Å². The maximum absolute atomic E-state index is 13.4. The molecule has 0 fully saturated rings. The summed E-state index contributed by atoms with van der Waals surface area (Å²) < 4.78 is 53.4. The first-order chi connectivity index (χ1) is 7.86. The summed E-state index contributed by atoms with van der Waals surface area (Å²) in [5, 5.41) is 0. The average Bonchev–Trinajstić information content (AvgIpc) is 2.20. The highest BCUT2D eigenvalue weighted by Crippen LogP contribution is 2.27. The molecule has 8 heteroatoms. The fraction of sp³-hybridized carbons (Fsp3) is 0.333. The van der Waals surface area contributed by atoms with Crippen molar-refractivity contribution in [1.29, 1.82) is 0 Å². The van der Waals surface area contributed by atoms with Crippen molar-refractivity contribution in [3.8, 4) is 5.75 Å². The van der Waals surface area contributed by atoms with Crippen LogP contribution in [0.4, 0.5) is 8.78 Å². The van der Waals surface area contributed by atoms with Gasteiger partial charge in [-0.15, -0.1) is 0 Å². The minimum absolute atomic E-state index is 0.127. The van der Waals surface area contributed by atoms with Crippen molar-refractivity contribution in [2.24, 2.45) is 0 Å². The second-order valence-corrected chi connectivity index (χ2v) is 6.55. The minimum atomic E-state index is -4.16. The molecule has 3 nitrogen and oxygen atoms in total. The molecule has 0 bridgehead atoms. The van der Waals surface area contributed by atoms with Gasteiger partial charge in [-0.1, -0.05) is 0 Å². The lowest BCUT2D eigenvalue weighted by Gasteiger charge is -2.08. The van der Waals surface area contributed by atoms with E-state index in [9.17, 15) is 17.2 Å². The van der Waals surface area contributed by atoms with Crippen LogP contribution in [0.2, 0.25) is 0 Å². The molecule has 1 aromatic carbocycles. The SMILES string of the molecule is CSCCOc1c(F)cc(S(=O)(=O)Cl)cc1F. The van der Waals surface area contributed by atoms with Crippen LogP contribution < -0.4 is 4.74 Å². The third kappa shape index (κ3) is 4.01. The van der Waals surface area contributed by atoms with Gasteiger partial charge in [0.25, 0.3) is 9.05 Å². The zero-order chi connectivity index (χ0) is 13.1. The maximum Gasteiger partial charge on any atom is 0.261 e. The Morgan fingerprint density at radius 1 is 1.35 bits per heavy atom. The van der Waals surface area contributed by atoms with E-state index in [1.807, 2.05) is 6.26 Å². The quantitative estimate of drug-likeness (QED) is 0.619. The topological polar surface area (TPSA) is 43.4 Å². The molecule has 17 heavy (non-hydrogen) atoms. The summed E-state index contributed by atoms with van der Waals surface area (Å²) in [6, 6.07) is 1.25. The van der Waals surface area contributed by atoms with E-state index in [1.165, 1.54) is 11.8 Å². The molecule has 0 saturated heterocycles. The summed E-state index contributed by atoms with van der Waals surface area (Å²) >= 11 is 1.45. The van der Waals surface area contributed by atoms with Crippen molar-refractivity contribution in [2.45, 2.75) is 4.90 Å². The number of hydrogen-bond donors (Lipinski definition) is 0. The number of ether oxygens (including phenoxy) is 1. The van der Waals surface area contributed by atoms with Gasteiger partial charge in [-0.25, -0.2) is 17.2 Å². The molecular weight excluding hydrogens is 294 g/mol. The number of benzene rings is 1. The Labute approximate surface area is 107 Å². The lowest BCUT2D eigenvalue weighted by Crippen LogP contribution is -2.05. The van der Waals surface area contributed by atoms with Gasteiger partial charge in [-0.2, -0.15) is 11.8 Å². The number of hydrogen-bond acceptors (Lipinski definition) is 4. The van der Waals surface area contributed by atoms with E-state index >= 15 is 0 Å². The standard InChI is InChI=1S/C9H9ClF2O3S2/c1-16-3-2-15-9-7(11)4-6(5-8(9)12)17(10,13)14/h4-5H,2-3H2,1H3. The van der Waals surface area contributed by atoms with Crippen molar-refractivity contribution in [3.05, 3.63) is 23.8 Å². The molecule has 0 aliphatic rings. The van der Waals surface area contributed by atoms with Crippen LogP contribution in [0.1, 0.15) is 0 Å². The molecule has 1 aromatic rings. The molecule has 1 rings (SSSR count). The van der Waals surface area contributed by atoms with Crippen LogP contribution in [-0.4, -0.2) is 27.0 Å². The Kier molecular flexibility index (Phi) is 5.03. The molecule has 0 aliphatic carbocycles. The van der Waals surface area contributed by atoms with Crippen LogP contribution in [0.3, 0.4) is 0 Å². The molecule has 0 amide bonds. The molecule has 0 heterocycles. The molecule has 0 aromatic heterocycles. The van der Waals surface area contributed by atoms with Gasteiger partial charge < -0.3 is 4.74 Å². The van der Waals surface area contributed by atoms with Crippen LogP contribution >= 0.6 is 22.4 Å². The monoisotopic (exact) mass is 302 g/mol. The van der Waals surface area contributed by atoms with Crippen LogP contribution in [0, 0.1) is 11.6 Å². The van der Waals surface area contributed by atoms with E-state index in [2.05, 4.69) is 0 Å². The van der Waals surface area contributed by atoms with E-state index in [0.717, 1.165) is 0 Å². The van der Waals surface area contributed by atoms with Gasteiger partial charge in [0.15, 0.2) is 17.4 Å². The predicted molar refractivity (Wildman–Crippen MR) is 63.3 cm³/mol. The third-order valence-corrected chi connectivity index (χ3v) is 3.70. The zero-order valence-electron chi connectivity index (χ0n) is 8.74. The lowest BCUT2D eigenvalue weighted by atomic mass is 10.3. The van der Waals surface area contributed by atoms with Gasteiger partial charge in [0.2, 0.25) is 0 Å². The molecule has 0 saturated carbocycles. The van der Waals surface area contributed by atoms with Crippen molar-refractivity contribution in [3.63, 3.8) is 0 Å². The Balaban J connectivity index is 3.03. The molecule has 0 N–H and O–H groups in total. The fourth-order valence-electron chi connectivity index (χ4n) is 1.04. The highest BCUT2D eigenvalue weighted by Gasteiger charge is 2.18. The summed E-state index contributed by atoms with van der Waals surface area (Å²) in [6.45, 7) is 0.127. The molecular formula is C9H9ClF2O3S2. The predicted octanol–water partition coefficient (Wildman–Crippen LogP) is 2.63. The second kappa shape index (κ2) is 5.88.